The highest BCUT2D eigenvalue weighted by molar-refractivity contribution is 6.06. The molecule has 288 valence electrons. The molecular formula is C41H52FN7O5. The molecule has 2 amide bonds. The third kappa shape index (κ3) is 11.1. The van der Waals surface area contributed by atoms with E-state index in [0.29, 0.717) is 42.3 Å². The summed E-state index contributed by atoms with van der Waals surface area (Å²) in [5, 5.41) is 8.97. The fourth-order valence-corrected chi connectivity index (χ4v) is 5.98. The molecule has 1 atom stereocenters. The fourth-order valence-electron chi connectivity index (χ4n) is 5.98. The molecule has 4 aromatic rings. The first kappa shape index (κ1) is 39.9. The van der Waals surface area contributed by atoms with Crippen molar-refractivity contribution in [3.63, 3.8) is 0 Å². The van der Waals surface area contributed by atoms with Gasteiger partial charge in [0.1, 0.15) is 5.56 Å². The summed E-state index contributed by atoms with van der Waals surface area (Å²) < 4.78 is 32.8. The molecule has 1 aromatic heterocycles. The largest absolute Gasteiger partial charge is 0.493 e. The summed E-state index contributed by atoms with van der Waals surface area (Å²) in [5.74, 6) is -0.133. The van der Waals surface area contributed by atoms with Gasteiger partial charge in [0.15, 0.2) is 23.1 Å². The second-order valence-corrected chi connectivity index (χ2v) is 13.7. The van der Waals surface area contributed by atoms with Gasteiger partial charge in [-0.2, -0.15) is 4.98 Å². The second-order valence-electron chi connectivity index (χ2n) is 13.7. The van der Waals surface area contributed by atoms with Gasteiger partial charge >= 0.3 is 0 Å². The minimum Gasteiger partial charge on any atom is -0.493 e. The monoisotopic (exact) mass is 741 g/mol. The molecule has 0 bridgehead atoms. The molecule has 0 spiro atoms. The van der Waals surface area contributed by atoms with Crippen molar-refractivity contribution in [3.8, 4) is 23.1 Å². The minimum absolute atomic E-state index is 0.0250. The second kappa shape index (κ2) is 19.2. The Kier molecular flexibility index (Phi) is 14.2. The first-order valence-electron chi connectivity index (χ1n) is 18.5. The predicted molar refractivity (Wildman–Crippen MR) is 209 cm³/mol. The maximum absolute atomic E-state index is 15.1. The van der Waals surface area contributed by atoms with Crippen LogP contribution in [0.2, 0.25) is 0 Å². The first-order valence-corrected chi connectivity index (χ1v) is 18.5. The van der Waals surface area contributed by atoms with Crippen molar-refractivity contribution in [2.24, 2.45) is 0 Å². The predicted octanol–water partition coefficient (Wildman–Crippen LogP) is 6.89. The van der Waals surface area contributed by atoms with Gasteiger partial charge in [0, 0.05) is 68.8 Å². The van der Waals surface area contributed by atoms with Crippen LogP contribution in [0.15, 0.2) is 60.8 Å². The summed E-state index contributed by atoms with van der Waals surface area (Å²) in [6.45, 7) is 13.3. The Balaban J connectivity index is 1.32. The summed E-state index contributed by atoms with van der Waals surface area (Å²) in [6.07, 6.45) is 3.83. The number of amides is 2. The smallest absolute Gasteiger partial charge is 0.262 e. The molecule has 1 saturated heterocycles. The van der Waals surface area contributed by atoms with Crippen LogP contribution in [-0.2, 0) is 11.2 Å². The summed E-state index contributed by atoms with van der Waals surface area (Å²) in [7, 11) is 3.64. The fraction of sp³-hybridized carbons (Fsp3) is 0.415. The molecule has 2 heterocycles. The number of nitrogens with one attached hydrogen (secondary N) is 3. The van der Waals surface area contributed by atoms with Crippen LogP contribution >= 0.6 is 0 Å². The van der Waals surface area contributed by atoms with E-state index in [1.54, 1.807) is 24.3 Å². The minimum atomic E-state index is -0.525. The number of methoxy groups -OCH3 is 1. The van der Waals surface area contributed by atoms with Crippen LogP contribution in [-0.4, -0.2) is 91.1 Å². The lowest BCUT2D eigenvalue weighted by atomic mass is 10.1. The molecule has 5 rings (SSSR count). The van der Waals surface area contributed by atoms with Crippen molar-refractivity contribution in [1.29, 1.82) is 0 Å². The van der Waals surface area contributed by atoms with Crippen molar-refractivity contribution in [2.45, 2.75) is 59.4 Å². The number of para-hydroxylation sites is 1. The molecule has 0 unspecified atom stereocenters. The Labute approximate surface area is 317 Å². The SMILES string of the molecule is CC[C@H](C)NC(=O)CCc1ccc(Oc2nc(Nc3ccc(OCCCN4CCN(C)CC4)c(F)c3)ncc2C(=O)Nc2c(C)cccc2C)c(OC)c1. The van der Waals surface area contributed by atoms with Crippen molar-refractivity contribution >= 4 is 29.1 Å². The van der Waals surface area contributed by atoms with Crippen molar-refractivity contribution in [3.05, 3.63) is 88.9 Å². The molecule has 3 N–H and O–H groups in total. The van der Waals surface area contributed by atoms with Crippen LogP contribution < -0.4 is 30.2 Å². The Hall–Kier alpha value is -5.27. The normalized spacial score (nSPS) is 13.9. The number of aromatic nitrogens is 2. The van der Waals surface area contributed by atoms with Crippen LogP contribution in [0.1, 0.15) is 60.2 Å². The van der Waals surface area contributed by atoms with E-state index >= 15 is 4.39 Å². The standard InChI is InChI=1S/C41H52FN7O5/c1-7-29(4)44-37(50)17-13-30-12-15-35(36(24-30)52-6)54-40-32(39(51)46-38-27(2)10-8-11-28(38)3)26-43-41(47-40)45-31-14-16-34(33(42)25-31)53-23-9-18-49-21-19-48(5)20-22-49/h8,10-12,14-16,24-26,29H,7,9,13,17-23H2,1-6H3,(H,44,50)(H,46,51)(H,43,45,47)/t29-/m0/s1. The van der Waals surface area contributed by atoms with Crippen molar-refractivity contribution < 1.29 is 28.2 Å². The Morgan fingerprint density at radius 3 is 2.43 bits per heavy atom. The number of benzene rings is 3. The number of carbonyl (C=O) groups is 2. The quantitative estimate of drug-likeness (QED) is 0.0984. The van der Waals surface area contributed by atoms with Gasteiger partial charge in [-0.3, -0.25) is 9.59 Å². The highest BCUT2D eigenvalue weighted by atomic mass is 19.1. The molecule has 0 aliphatic carbocycles. The number of anilines is 3. The molecule has 0 saturated carbocycles. The number of piperazine rings is 1. The van der Waals surface area contributed by atoms with E-state index in [1.165, 1.54) is 19.4 Å². The number of hydrogen-bond acceptors (Lipinski definition) is 10. The number of halogens is 1. The molecule has 3 aromatic carbocycles. The number of hydrogen-bond donors (Lipinski definition) is 3. The first-order chi connectivity index (χ1) is 26.0. The Bertz CT molecular complexity index is 1880. The average Bonchev–Trinajstić information content (AvgIpc) is 3.16. The summed E-state index contributed by atoms with van der Waals surface area (Å²) in [6, 6.07) is 15.7. The molecule has 0 radical (unpaired) electrons. The van der Waals surface area contributed by atoms with Crippen molar-refractivity contribution in [2.75, 3.05) is 64.1 Å². The number of likely N-dealkylation sites (N-methyl/N-ethyl adjacent to an activating group) is 1. The lowest BCUT2D eigenvalue weighted by molar-refractivity contribution is -0.121. The molecule has 1 aliphatic heterocycles. The third-order valence-corrected chi connectivity index (χ3v) is 9.47. The highest BCUT2D eigenvalue weighted by Crippen LogP contribution is 2.35. The summed E-state index contributed by atoms with van der Waals surface area (Å²) in [4.78, 5) is 39.7. The number of nitrogens with zero attached hydrogens (tertiary/aromatic N) is 4. The number of ether oxygens (including phenoxy) is 3. The van der Waals surface area contributed by atoms with E-state index in [0.717, 1.165) is 62.3 Å². The van der Waals surface area contributed by atoms with Crippen LogP contribution in [0.4, 0.5) is 21.7 Å². The van der Waals surface area contributed by atoms with Crippen LogP contribution in [0.3, 0.4) is 0 Å². The van der Waals surface area contributed by atoms with Gasteiger partial charge in [0.2, 0.25) is 17.7 Å². The van der Waals surface area contributed by atoms with Gasteiger partial charge in [-0.25, -0.2) is 9.37 Å². The van der Waals surface area contributed by atoms with E-state index < -0.39 is 11.7 Å². The van der Waals surface area contributed by atoms with Crippen LogP contribution in [0, 0.1) is 19.7 Å². The molecule has 54 heavy (non-hydrogen) atoms. The zero-order valence-electron chi connectivity index (χ0n) is 32.1. The molecule has 12 nitrogen and oxygen atoms in total. The van der Waals surface area contributed by atoms with Gasteiger partial charge in [0.05, 0.1) is 13.7 Å². The van der Waals surface area contributed by atoms with E-state index in [-0.39, 0.29) is 35.1 Å². The van der Waals surface area contributed by atoms with Gasteiger partial charge in [-0.1, -0.05) is 31.2 Å². The van der Waals surface area contributed by atoms with E-state index in [2.05, 4.69) is 42.8 Å². The Morgan fingerprint density at radius 1 is 0.981 bits per heavy atom. The van der Waals surface area contributed by atoms with Gasteiger partial charge in [-0.15, -0.1) is 0 Å². The maximum Gasteiger partial charge on any atom is 0.262 e. The lowest BCUT2D eigenvalue weighted by Crippen LogP contribution is -2.44. The van der Waals surface area contributed by atoms with E-state index in [4.69, 9.17) is 14.2 Å². The zero-order chi connectivity index (χ0) is 38.6. The number of carbonyl (C=O) groups excluding carboxylic acids is 2. The topological polar surface area (TPSA) is 130 Å². The van der Waals surface area contributed by atoms with E-state index in [9.17, 15) is 9.59 Å². The van der Waals surface area contributed by atoms with Gasteiger partial charge in [-0.05, 0) is 88.0 Å². The number of aryl methyl sites for hydroxylation is 3. The maximum atomic E-state index is 15.1. The highest BCUT2D eigenvalue weighted by Gasteiger charge is 2.21. The third-order valence-electron chi connectivity index (χ3n) is 9.47. The Morgan fingerprint density at radius 2 is 1.72 bits per heavy atom. The summed E-state index contributed by atoms with van der Waals surface area (Å²) >= 11 is 0. The molecule has 13 heteroatoms. The van der Waals surface area contributed by atoms with Crippen LogP contribution in [0.25, 0.3) is 0 Å². The average molecular weight is 742 g/mol. The molecule has 1 aliphatic rings. The lowest BCUT2D eigenvalue weighted by Gasteiger charge is -2.32. The van der Waals surface area contributed by atoms with Crippen molar-refractivity contribution in [1.82, 2.24) is 25.1 Å². The molecular weight excluding hydrogens is 689 g/mol. The molecule has 1 fully saturated rings. The van der Waals surface area contributed by atoms with Gasteiger partial charge in [0.25, 0.3) is 5.91 Å². The zero-order valence-corrected chi connectivity index (χ0v) is 32.1. The van der Waals surface area contributed by atoms with E-state index in [1.807, 2.05) is 52.0 Å². The van der Waals surface area contributed by atoms with Gasteiger partial charge < -0.3 is 40.0 Å². The summed E-state index contributed by atoms with van der Waals surface area (Å²) in [5.41, 5.74) is 3.79. The number of rotatable bonds is 17. The van der Waals surface area contributed by atoms with Crippen LogP contribution in [0.5, 0.6) is 23.1 Å².